The van der Waals surface area contributed by atoms with Crippen LogP contribution in [-0.2, 0) is 11.1 Å². The molecule has 1 aromatic heterocycles. The van der Waals surface area contributed by atoms with E-state index >= 15 is 0 Å². The van der Waals surface area contributed by atoms with Gasteiger partial charge in [0.05, 0.1) is 5.66 Å². The molecule has 0 amide bonds. The summed E-state index contributed by atoms with van der Waals surface area (Å²) in [5, 5.41) is 0. The molecule has 1 heterocycles. The van der Waals surface area contributed by atoms with Gasteiger partial charge in [0.15, 0.2) is 0 Å². The molecule has 0 aliphatic carbocycles. The Morgan fingerprint density at radius 2 is 1.87 bits per heavy atom. The third kappa shape index (κ3) is 5.88. The number of aromatic nitrogens is 2. The summed E-state index contributed by atoms with van der Waals surface area (Å²) in [4.78, 5) is 34.3. The molecule has 0 spiro atoms. The maximum absolute atomic E-state index is 11.7. The minimum Gasteiger partial charge on any atom is -0.383 e. The Balaban J connectivity index is 0.00000264. The predicted octanol–water partition coefficient (Wildman–Crippen LogP) is -1.47. The Bertz CT molecular complexity index is 732. The first kappa shape index (κ1) is 20.1. The third-order valence-corrected chi connectivity index (χ3v) is 4.73. The molecule has 0 saturated heterocycles. The van der Waals surface area contributed by atoms with Gasteiger partial charge in [0, 0.05) is 12.7 Å². The number of nitrogens with zero attached hydrogens (tertiary/aromatic N) is 2. The van der Waals surface area contributed by atoms with Crippen LogP contribution in [0, 0.1) is 0 Å². The molecule has 1 unspecified atom stereocenters. The third-order valence-electron chi connectivity index (χ3n) is 3.36. The first-order chi connectivity index (χ1) is 10.4. The van der Waals surface area contributed by atoms with Crippen molar-refractivity contribution in [3.63, 3.8) is 0 Å². The van der Waals surface area contributed by atoms with E-state index in [0.29, 0.717) is 18.5 Å². The molecule has 23 heavy (non-hydrogen) atoms. The molecule has 1 aromatic carbocycles. The normalized spacial score (nSPS) is 12.4. The first-order valence-corrected chi connectivity index (χ1v) is 8.49. The second-order valence-electron chi connectivity index (χ2n) is 4.99. The number of hydrogen-bond acceptors (Lipinski definition) is 4. The largest absolute Gasteiger partial charge is 1.00 e. The van der Waals surface area contributed by atoms with Crippen molar-refractivity contribution in [1.29, 1.82) is 0 Å². The average molecular weight is 346 g/mol. The molecule has 9 heteroatoms. The van der Waals surface area contributed by atoms with Gasteiger partial charge in [0.2, 0.25) is 0 Å². The van der Waals surface area contributed by atoms with Crippen LogP contribution in [-0.4, -0.2) is 19.3 Å². The number of rotatable bonds is 6. The second kappa shape index (κ2) is 8.78. The van der Waals surface area contributed by atoms with E-state index in [2.05, 4.69) is 4.98 Å². The minimum absolute atomic E-state index is 0. The van der Waals surface area contributed by atoms with Crippen molar-refractivity contribution in [3.8, 4) is 0 Å². The topological polar surface area (TPSA) is 118 Å². The quantitative estimate of drug-likeness (QED) is 0.434. The zero-order valence-corrected chi connectivity index (χ0v) is 15.8. The van der Waals surface area contributed by atoms with E-state index in [1.54, 1.807) is 30.3 Å². The minimum atomic E-state index is -4.26. The van der Waals surface area contributed by atoms with Crippen LogP contribution in [0.5, 0.6) is 0 Å². The van der Waals surface area contributed by atoms with Crippen LogP contribution in [0.3, 0.4) is 0 Å². The Labute approximate surface area is 156 Å². The molecule has 1 atom stereocenters. The SMILES string of the molecule is Nc1ccn(CCCC(c2ccccc2)P(=O)(O)O)c(=O)n1.[Na+]. The number of aryl methyl sites for hydroxylation is 1. The van der Waals surface area contributed by atoms with Gasteiger partial charge in [-0.3, -0.25) is 9.13 Å². The van der Waals surface area contributed by atoms with Crippen LogP contribution in [0.4, 0.5) is 5.82 Å². The average Bonchev–Trinajstić information content (AvgIpc) is 2.45. The van der Waals surface area contributed by atoms with E-state index in [0.717, 1.165) is 0 Å². The Morgan fingerprint density at radius 1 is 1.22 bits per heavy atom. The number of nitrogen functional groups attached to an aromatic ring is 1. The molecule has 0 aliphatic rings. The fraction of sp³-hybridized carbons (Fsp3) is 0.286. The number of nitrogens with two attached hydrogens (primary N) is 1. The maximum atomic E-state index is 11.7. The number of hydrogen-bond donors (Lipinski definition) is 3. The zero-order valence-electron chi connectivity index (χ0n) is 12.9. The van der Waals surface area contributed by atoms with E-state index in [4.69, 9.17) is 5.73 Å². The van der Waals surface area contributed by atoms with Crippen molar-refractivity contribution in [3.05, 3.63) is 58.6 Å². The van der Waals surface area contributed by atoms with Crippen LogP contribution in [0.1, 0.15) is 24.1 Å². The van der Waals surface area contributed by atoms with Crippen molar-refractivity contribution in [2.45, 2.75) is 25.0 Å². The summed E-state index contributed by atoms with van der Waals surface area (Å²) in [5.41, 5.74) is 4.67. The number of benzene rings is 1. The van der Waals surface area contributed by atoms with Crippen molar-refractivity contribution in [2.24, 2.45) is 0 Å². The van der Waals surface area contributed by atoms with Crippen molar-refractivity contribution in [2.75, 3.05) is 5.73 Å². The van der Waals surface area contributed by atoms with Gasteiger partial charge in [0.1, 0.15) is 5.82 Å². The predicted molar refractivity (Wildman–Crippen MR) is 83.4 cm³/mol. The zero-order chi connectivity index (χ0) is 16.2. The Hall–Kier alpha value is -0.950. The molecular weight excluding hydrogens is 328 g/mol. The molecule has 0 saturated carbocycles. The van der Waals surface area contributed by atoms with Crippen molar-refractivity contribution >= 4 is 13.4 Å². The van der Waals surface area contributed by atoms with E-state index < -0.39 is 18.9 Å². The molecule has 2 rings (SSSR count). The summed E-state index contributed by atoms with van der Waals surface area (Å²) in [6.07, 6.45) is 2.24. The van der Waals surface area contributed by atoms with Gasteiger partial charge in [-0.05, 0) is 24.5 Å². The standard InChI is InChI=1S/C14H18N3O4P.Na/c15-13-8-10-17(14(18)16-13)9-4-7-12(22(19,20)21)11-5-2-1-3-6-11;/h1-3,5-6,8,10,12H,4,7,9H2,(H2,15,16,18)(H2,19,20,21);/q;+1. The fourth-order valence-corrected chi connectivity index (χ4v) is 3.35. The molecule has 118 valence electrons. The smallest absolute Gasteiger partial charge is 0.383 e. The fourth-order valence-electron chi connectivity index (χ4n) is 2.27. The molecule has 0 radical (unpaired) electrons. The molecular formula is C14H18N3NaO4P+. The summed E-state index contributed by atoms with van der Waals surface area (Å²) in [6.45, 7) is 0.329. The molecule has 2 aromatic rings. The van der Waals surface area contributed by atoms with Gasteiger partial charge in [-0.1, -0.05) is 30.3 Å². The van der Waals surface area contributed by atoms with Gasteiger partial charge >= 0.3 is 42.8 Å². The Kier molecular flexibility index (Phi) is 7.67. The van der Waals surface area contributed by atoms with Crippen molar-refractivity contribution in [1.82, 2.24) is 9.55 Å². The summed E-state index contributed by atoms with van der Waals surface area (Å²) >= 11 is 0. The monoisotopic (exact) mass is 346 g/mol. The van der Waals surface area contributed by atoms with Crippen LogP contribution >= 0.6 is 7.60 Å². The van der Waals surface area contributed by atoms with Gasteiger partial charge in [-0.25, -0.2) is 4.79 Å². The van der Waals surface area contributed by atoms with Gasteiger partial charge < -0.3 is 15.5 Å². The van der Waals surface area contributed by atoms with E-state index in [9.17, 15) is 19.1 Å². The molecule has 4 N–H and O–H groups in total. The summed E-state index contributed by atoms with van der Waals surface area (Å²) in [5.74, 6) is 0.152. The Morgan fingerprint density at radius 3 is 2.43 bits per heavy atom. The van der Waals surface area contributed by atoms with E-state index in [-0.39, 0.29) is 41.8 Å². The first-order valence-electron chi connectivity index (χ1n) is 6.81. The van der Waals surface area contributed by atoms with E-state index in [1.807, 2.05) is 0 Å². The summed E-state index contributed by atoms with van der Waals surface area (Å²) in [6, 6.07) is 10.2. The second-order valence-corrected chi connectivity index (χ2v) is 6.79. The summed E-state index contributed by atoms with van der Waals surface area (Å²) in [7, 11) is -4.26. The molecule has 0 fully saturated rings. The van der Waals surface area contributed by atoms with Gasteiger partial charge in [-0.2, -0.15) is 4.98 Å². The van der Waals surface area contributed by atoms with Gasteiger partial charge in [0.25, 0.3) is 0 Å². The molecule has 0 aliphatic heterocycles. The maximum Gasteiger partial charge on any atom is 1.00 e. The number of anilines is 1. The van der Waals surface area contributed by atoms with Crippen LogP contribution in [0.2, 0.25) is 0 Å². The molecule has 0 bridgehead atoms. The van der Waals surface area contributed by atoms with Gasteiger partial charge in [-0.15, -0.1) is 0 Å². The molecule has 7 nitrogen and oxygen atoms in total. The summed E-state index contributed by atoms with van der Waals surface area (Å²) < 4.78 is 13.1. The van der Waals surface area contributed by atoms with E-state index in [1.165, 1.54) is 16.8 Å². The van der Waals surface area contributed by atoms with Crippen LogP contribution in [0.25, 0.3) is 0 Å². The van der Waals surface area contributed by atoms with Crippen LogP contribution in [0.15, 0.2) is 47.4 Å². The van der Waals surface area contributed by atoms with Crippen molar-refractivity contribution < 1.29 is 43.9 Å². The van der Waals surface area contributed by atoms with Crippen LogP contribution < -0.4 is 41.0 Å².